The van der Waals surface area contributed by atoms with Crippen molar-refractivity contribution in [3.8, 4) is 5.75 Å². The molecule has 2 aliphatic heterocycles. The van der Waals surface area contributed by atoms with Crippen LogP contribution in [0.4, 0.5) is 0 Å². The van der Waals surface area contributed by atoms with Gasteiger partial charge in [0.2, 0.25) is 0 Å². The van der Waals surface area contributed by atoms with Gasteiger partial charge in [-0.05, 0) is 67.3 Å². The monoisotopic (exact) mass is 897 g/mol. The fraction of sp³-hybridized carbons (Fsp3) is 0.267. The summed E-state index contributed by atoms with van der Waals surface area (Å²) in [5.41, 5.74) is 1.60. The number of aromatic nitrogens is 3. The average Bonchev–Trinajstić information content (AvgIpc) is 3.70. The number of halogens is 4. The van der Waals surface area contributed by atoms with Gasteiger partial charge in [-0.2, -0.15) is 0 Å². The van der Waals surface area contributed by atoms with Crippen LogP contribution in [0.1, 0.15) is 103 Å². The van der Waals surface area contributed by atoms with E-state index in [-0.39, 0.29) is 73.5 Å². The van der Waals surface area contributed by atoms with Crippen molar-refractivity contribution in [2.75, 3.05) is 13.1 Å². The van der Waals surface area contributed by atoms with E-state index in [1.54, 1.807) is 35.1 Å². The van der Waals surface area contributed by atoms with Gasteiger partial charge in [-0.15, -0.1) is 5.10 Å². The van der Waals surface area contributed by atoms with Gasteiger partial charge in [0, 0.05) is 82.8 Å². The lowest BCUT2D eigenvalue weighted by Gasteiger charge is -2.32. The summed E-state index contributed by atoms with van der Waals surface area (Å²) in [6.45, 7) is 4.88. The number of carboxylic acid groups (broad SMARTS) is 1. The molecule has 3 heterocycles. The van der Waals surface area contributed by atoms with E-state index in [4.69, 9.17) is 56.2 Å². The Morgan fingerprint density at radius 3 is 1.62 bits per heavy atom. The molecule has 0 saturated heterocycles. The zero-order valence-electron chi connectivity index (χ0n) is 32.8. The number of fused-ring (bicyclic) bond motifs is 2. The number of hydrogen-bond acceptors (Lipinski definition) is 8. The van der Waals surface area contributed by atoms with Gasteiger partial charge >= 0.3 is 5.97 Å². The molecule has 1 N–H and O–H groups in total. The summed E-state index contributed by atoms with van der Waals surface area (Å²) in [7, 11) is 0. The van der Waals surface area contributed by atoms with Crippen molar-refractivity contribution < 1.29 is 33.8 Å². The molecule has 0 bridgehead atoms. The molecule has 1 unspecified atom stereocenters. The van der Waals surface area contributed by atoms with Gasteiger partial charge in [-0.25, -0.2) is 4.79 Å². The summed E-state index contributed by atoms with van der Waals surface area (Å²) >= 11 is 28.6. The van der Waals surface area contributed by atoms with Crippen LogP contribution in [-0.4, -0.2) is 72.6 Å². The van der Waals surface area contributed by atoms with Crippen molar-refractivity contribution in [2.45, 2.75) is 59.1 Å². The maximum atomic E-state index is 14.3. The molecule has 61 heavy (non-hydrogen) atoms. The van der Waals surface area contributed by atoms with Gasteiger partial charge in [-0.1, -0.05) is 84.7 Å². The lowest BCUT2D eigenvalue weighted by atomic mass is 9.81. The first-order chi connectivity index (χ1) is 29.3. The molecule has 9 rings (SSSR count). The van der Waals surface area contributed by atoms with E-state index in [9.17, 15) is 24.0 Å². The topological polar surface area (TPSA) is 152 Å². The zero-order valence-corrected chi connectivity index (χ0v) is 35.8. The largest absolute Gasteiger partial charge is 0.487 e. The van der Waals surface area contributed by atoms with E-state index < -0.39 is 29.6 Å². The quantitative estimate of drug-likeness (QED) is 0.0639. The van der Waals surface area contributed by atoms with Crippen molar-refractivity contribution in [1.82, 2.24) is 24.8 Å². The molecule has 6 aromatic carbocycles. The Morgan fingerprint density at radius 2 is 1.16 bits per heavy atom. The number of aryl methyl sites for hydroxylation is 1. The number of carbonyl (C=O) groups is 5. The summed E-state index contributed by atoms with van der Waals surface area (Å²) in [4.78, 5) is 70.6. The first-order valence-electron chi connectivity index (χ1n) is 19.9. The van der Waals surface area contributed by atoms with Crippen molar-refractivity contribution in [1.29, 1.82) is 0 Å². The molecule has 1 atom stereocenters. The van der Waals surface area contributed by atoms with Crippen LogP contribution in [0.3, 0.4) is 0 Å². The van der Waals surface area contributed by atoms with E-state index >= 15 is 0 Å². The standard InChI is InChI=1S/C45H35Cl4N5O7/c1-3-5-7-21(4-2)18-54-43(57)27-16-31(48)37-35-29(46)14-25-33-26(15-30(47)36(39(33)35)38-32(49)17-28(44(54)58)34(27)40(37)38)42(56)53(41(25)55)13-6-12-52-19-23(50-51-52)20-61-24-10-8-22(9-11-24)45(59)60/h8-11,14-17,19,21H,3-7,12-13,18,20H2,1-2H3,(H,59,60). The second-order valence-corrected chi connectivity index (χ2v) is 17.1. The Bertz CT molecular complexity index is 2910. The molecule has 0 spiro atoms. The Kier molecular flexibility index (Phi) is 10.5. The Hall–Kier alpha value is -5.53. The number of aromatic carboxylic acids is 1. The predicted molar refractivity (Wildman–Crippen MR) is 234 cm³/mol. The van der Waals surface area contributed by atoms with Crippen LogP contribution in [0.2, 0.25) is 20.1 Å². The van der Waals surface area contributed by atoms with Crippen molar-refractivity contribution in [3.05, 3.63) is 108 Å². The van der Waals surface area contributed by atoms with E-state index in [2.05, 4.69) is 24.2 Å². The number of nitrogens with zero attached hydrogens (tertiary/aromatic N) is 5. The highest BCUT2D eigenvalue weighted by molar-refractivity contribution is 6.56. The minimum absolute atomic E-state index is 0.0427. The average molecular weight is 900 g/mol. The third-order valence-corrected chi connectivity index (χ3v) is 13.0. The fourth-order valence-electron chi connectivity index (χ4n) is 8.86. The lowest BCUT2D eigenvalue weighted by Crippen LogP contribution is -2.43. The molecule has 0 saturated carbocycles. The number of carbonyl (C=O) groups excluding carboxylic acids is 4. The molecular weight excluding hydrogens is 864 g/mol. The van der Waals surface area contributed by atoms with Crippen LogP contribution < -0.4 is 4.74 Å². The highest BCUT2D eigenvalue weighted by Gasteiger charge is 2.40. The number of amides is 4. The van der Waals surface area contributed by atoms with E-state index in [1.807, 2.05) is 0 Å². The molecule has 12 nitrogen and oxygen atoms in total. The predicted octanol–water partition coefficient (Wildman–Crippen LogP) is 10.7. The minimum Gasteiger partial charge on any atom is -0.487 e. The van der Waals surface area contributed by atoms with Gasteiger partial charge in [0.1, 0.15) is 18.1 Å². The van der Waals surface area contributed by atoms with Crippen molar-refractivity contribution in [3.63, 3.8) is 0 Å². The van der Waals surface area contributed by atoms with E-state index in [0.29, 0.717) is 67.5 Å². The number of unbranched alkanes of at least 4 members (excludes halogenated alkanes) is 1. The lowest BCUT2D eigenvalue weighted by molar-refractivity contribution is 0.0573. The molecule has 16 heteroatoms. The van der Waals surface area contributed by atoms with Crippen molar-refractivity contribution >= 4 is 119 Å². The number of hydrogen-bond donors (Lipinski definition) is 1. The molecule has 0 fully saturated rings. The molecule has 7 aromatic rings. The van der Waals surface area contributed by atoms with Crippen LogP contribution in [0, 0.1) is 5.92 Å². The first kappa shape index (κ1) is 40.9. The van der Waals surface area contributed by atoms with Gasteiger partial charge in [0.05, 0.1) is 34.0 Å². The van der Waals surface area contributed by atoms with Gasteiger partial charge in [0.25, 0.3) is 23.6 Å². The maximum Gasteiger partial charge on any atom is 0.335 e. The Balaban J connectivity index is 1.05. The second-order valence-electron chi connectivity index (χ2n) is 15.5. The summed E-state index contributed by atoms with van der Waals surface area (Å²) in [6, 6.07) is 12.2. The second kappa shape index (κ2) is 15.7. The van der Waals surface area contributed by atoms with Crippen LogP contribution in [0.25, 0.3) is 43.1 Å². The summed E-state index contributed by atoms with van der Waals surface area (Å²) < 4.78 is 7.29. The highest BCUT2D eigenvalue weighted by Crippen LogP contribution is 2.53. The fourth-order valence-corrected chi connectivity index (χ4v) is 10.1. The van der Waals surface area contributed by atoms with Gasteiger partial charge < -0.3 is 9.84 Å². The number of imide groups is 2. The molecule has 2 aliphatic rings. The van der Waals surface area contributed by atoms with E-state index in [1.165, 1.54) is 29.2 Å². The molecule has 310 valence electrons. The van der Waals surface area contributed by atoms with Crippen LogP contribution in [0.5, 0.6) is 5.75 Å². The van der Waals surface area contributed by atoms with Crippen LogP contribution in [-0.2, 0) is 13.2 Å². The number of ether oxygens (including phenoxy) is 1. The highest BCUT2D eigenvalue weighted by atomic mass is 35.5. The van der Waals surface area contributed by atoms with Crippen LogP contribution in [0.15, 0.2) is 54.7 Å². The van der Waals surface area contributed by atoms with Crippen LogP contribution >= 0.6 is 46.4 Å². The summed E-state index contributed by atoms with van der Waals surface area (Å²) in [5, 5.41) is 21.4. The van der Waals surface area contributed by atoms with Crippen molar-refractivity contribution in [2.24, 2.45) is 5.92 Å². The summed E-state index contributed by atoms with van der Waals surface area (Å²) in [5.74, 6) is -2.42. The number of rotatable bonds is 14. The third-order valence-electron chi connectivity index (χ3n) is 11.8. The maximum absolute atomic E-state index is 14.3. The number of benzene rings is 6. The summed E-state index contributed by atoms with van der Waals surface area (Å²) in [6.07, 6.45) is 5.70. The minimum atomic E-state index is -1.03. The van der Waals surface area contributed by atoms with E-state index in [0.717, 1.165) is 30.6 Å². The normalized spacial score (nSPS) is 14.5. The molecule has 4 amide bonds. The molecular formula is C45H35Cl4N5O7. The molecule has 0 aliphatic carbocycles. The van der Waals surface area contributed by atoms with Gasteiger partial charge in [-0.3, -0.25) is 33.7 Å². The van der Waals surface area contributed by atoms with Gasteiger partial charge in [0.15, 0.2) is 0 Å². The SMILES string of the molecule is CCCCC(CC)CN1C(=O)c2cc(Cl)c3c4c(Cl)cc5c6c(cc(Cl)c(c7c(Cl)cc(c2c37)C1=O)c64)C(=O)N(CCCn1cc(COc2ccc(C(=O)O)cc2)nn1)C5=O. The number of carboxylic acids is 1. The molecule has 0 radical (unpaired) electrons. The Morgan fingerprint density at radius 1 is 0.672 bits per heavy atom. The third kappa shape index (κ3) is 6.62. The zero-order chi connectivity index (χ0) is 43.0. The smallest absolute Gasteiger partial charge is 0.335 e. The first-order valence-corrected chi connectivity index (χ1v) is 21.4. The Labute approximate surface area is 368 Å². The molecule has 1 aromatic heterocycles.